The number of pyridine rings is 1. The number of carbonyl (C=O) groups excluding carboxylic acids is 1. The normalized spacial score (nSPS) is 16.8. The van der Waals surface area contributed by atoms with Crippen LogP contribution in [-0.4, -0.2) is 40.6 Å². The smallest absolute Gasteiger partial charge is 0.292 e. The molecule has 2 aromatic heterocycles. The van der Waals surface area contributed by atoms with Gasteiger partial charge in [-0.25, -0.2) is 4.39 Å². The Balaban J connectivity index is 1.41. The van der Waals surface area contributed by atoms with E-state index < -0.39 is 0 Å². The fraction of sp³-hybridized carbons (Fsp3) is 0.318. The third kappa shape index (κ3) is 4.51. The lowest BCUT2D eigenvalue weighted by Crippen LogP contribution is -2.42. The number of nitrogens with zero attached hydrogens (tertiary/aromatic N) is 3. The number of hydrogen-bond acceptors (Lipinski definition) is 5. The minimum Gasteiger partial charge on any atom is -0.368 e. The standard InChI is InChI=1S/C22H22FN3O3/c1-2-18-12-20(29-25-18)22(27)26-9-10-28-21(14-26)19-8-5-16(13-24-19)11-15-3-6-17(23)7-4-15/h3-8,12-13,21H,2,9-11,14H2,1H3. The van der Waals surface area contributed by atoms with Gasteiger partial charge in [-0.15, -0.1) is 0 Å². The largest absolute Gasteiger partial charge is 0.368 e. The number of morpholine rings is 1. The molecule has 1 amide bonds. The van der Waals surface area contributed by atoms with Gasteiger partial charge in [-0.1, -0.05) is 30.3 Å². The molecule has 3 heterocycles. The Hall–Kier alpha value is -3.06. The molecule has 7 heteroatoms. The lowest BCUT2D eigenvalue weighted by molar-refractivity contribution is -0.0258. The molecule has 1 atom stereocenters. The van der Waals surface area contributed by atoms with Gasteiger partial charge in [-0.3, -0.25) is 9.78 Å². The number of aryl methyl sites for hydroxylation is 1. The zero-order chi connectivity index (χ0) is 20.2. The molecule has 4 rings (SSSR count). The molecule has 0 radical (unpaired) electrons. The number of amides is 1. The number of halogens is 1. The van der Waals surface area contributed by atoms with Gasteiger partial charge in [-0.05, 0) is 42.2 Å². The molecule has 0 N–H and O–H groups in total. The van der Waals surface area contributed by atoms with Crippen molar-refractivity contribution in [2.45, 2.75) is 25.9 Å². The molecule has 0 aliphatic carbocycles. The van der Waals surface area contributed by atoms with Crippen molar-refractivity contribution in [2.75, 3.05) is 19.7 Å². The number of aromatic nitrogens is 2. The van der Waals surface area contributed by atoms with Crippen molar-refractivity contribution in [1.29, 1.82) is 0 Å². The van der Waals surface area contributed by atoms with Gasteiger partial charge in [0.25, 0.3) is 5.91 Å². The molecule has 1 aliphatic rings. The summed E-state index contributed by atoms with van der Waals surface area (Å²) < 4.78 is 24.0. The Morgan fingerprint density at radius 3 is 2.69 bits per heavy atom. The first-order valence-corrected chi connectivity index (χ1v) is 9.68. The predicted molar refractivity (Wildman–Crippen MR) is 104 cm³/mol. The van der Waals surface area contributed by atoms with Gasteiger partial charge < -0.3 is 14.2 Å². The topological polar surface area (TPSA) is 68.5 Å². The number of hydrogen-bond donors (Lipinski definition) is 0. The van der Waals surface area contributed by atoms with E-state index in [0.717, 1.165) is 28.9 Å². The third-order valence-electron chi connectivity index (χ3n) is 4.98. The molecule has 1 aliphatic heterocycles. The highest BCUT2D eigenvalue weighted by Gasteiger charge is 2.28. The summed E-state index contributed by atoms with van der Waals surface area (Å²) in [6.45, 7) is 3.30. The van der Waals surface area contributed by atoms with E-state index in [2.05, 4.69) is 10.1 Å². The molecule has 29 heavy (non-hydrogen) atoms. The summed E-state index contributed by atoms with van der Waals surface area (Å²) in [5, 5.41) is 3.89. The molecule has 1 aromatic carbocycles. The molecule has 0 spiro atoms. The molecule has 150 valence electrons. The SMILES string of the molecule is CCc1cc(C(=O)N2CCOC(c3ccc(Cc4ccc(F)cc4)cn3)C2)on1. The second kappa shape index (κ2) is 8.53. The van der Waals surface area contributed by atoms with E-state index in [9.17, 15) is 9.18 Å². The minimum absolute atomic E-state index is 0.182. The van der Waals surface area contributed by atoms with E-state index in [4.69, 9.17) is 9.26 Å². The maximum Gasteiger partial charge on any atom is 0.292 e. The van der Waals surface area contributed by atoms with Crippen LogP contribution in [0.25, 0.3) is 0 Å². The van der Waals surface area contributed by atoms with E-state index in [-0.39, 0.29) is 23.6 Å². The first kappa shape index (κ1) is 19.3. The molecule has 1 fully saturated rings. The quantitative estimate of drug-likeness (QED) is 0.661. The van der Waals surface area contributed by atoms with Crippen molar-refractivity contribution in [3.63, 3.8) is 0 Å². The lowest BCUT2D eigenvalue weighted by atomic mass is 10.1. The Morgan fingerprint density at radius 1 is 1.21 bits per heavy atom. The fourth-order valence-corrected chi connectivity index (χ4v) is 3.32. The van der Waals surface area contributed by atoms with Crippen molar-refractivity contribution in [1.82, 2.24) is 15.0 Å². The average Bonchev–Trinajstić information content (AvgIpc) is 3.25. The van der Waals surface area contributed by atoms with E-state index in [1.807, 2.05) is 19.1 Å². The predicted octanol–water partition coefficient (Wildman–Crippen LogP) is 3.58. The van der Waals surface area contributed by atoms with Crippen LogP contribution in [0.2, 0.25) is 0 Å². The summed E-state index contributed by atoms with van der Waals surface area (Å²) in [5.74, 6) is -0.171. The number of rotatable bonds is 5. The van der Waals surface area contributed by atoms with Crippen LogP contribution in [0.15, 0.2) is 53.2 Å². The van der Waals surface area contributed by atoms with Crippen LogP contribution in [0.1, 0.15) is 46.1 Å². The van der Waals surface area contributed by atoms with Crippen molar-refractivity contribution in [3.05, 3.63) is 82.8 Å². The van der Waals surface area contributed by atoms with Gasteiger partial charge in [0.1, 0.15) is 11.9 Å². The maximum atomic E-state index is 13.0. The van der Waals surface area contributed by atoms with Crippen LogP contribution >= 0.6 is 0 Å². The highest BCUT2D eigenvalue weighted by molar-refractivity contribution is 5.91. The van der Waals surface area contributed by atoms with Crippen LogP contribution in [-0.2, 0) is 17.6 Å². The second-order valence-electron chi connectivity index (χ2n) is 7.04. The Morgan fingerprint density at radius 2 is 2.00 bits per heavy atom. The van der Waals surface area contributed by atoms with Gasteiger partial charge >= 0.3 is 0 Å². The summed E-state index contributed by atoms with van der Waals surface area (Å²) in [4.78, 5) is 18.9. The third-order valence-corrected chi connectivity index (χ3v) is 4.98. The maximum absolute atomic E-state index is 13.0. The highest BCUT2D eigenvalue weighted by Crippen LogP contribution is 2.23. The number of carbonyl (C=O) groups is 1. The lowest BCUT2D eigenvalue weighted by Gasteiger charge is -2.32. The molecule has 0 bridgehead atoms. The Kier molecular flexibility index (Phi) is 5.67. The van der Waals surface area contributed by atoms with Gasteiger partial charge in [0.2, 0.25) is 5.76 Å². The van der Waals surface area contributed by atoms with Gasteiger partial charge in [0.05, 0.1) is 24.5 Å². The first-order chi connectivity index (χ1) is 14.1. The zero-order valence-corrected chi connectivity index (χ0v) is 16.2. The molecule has 0 saturated carbocycles. The molecular formula is C22H22FN3O3. The first-order valence-electron chi connectivity index (χ1n) is 9.68. The van der Waals surface area contributed by atoms with E-state index >= 15 is 0 Å². The van der Waals surface area contributed by atoms with E-state index in [1.54, 1.807) is 29.3 Å². The van der Waals surface area contributed by atoms with Crippen molar-refractivity contribution in [3.8, 4) is 0 Å². The Labute approximate surface area is 168 Å². The van der Waals surface area contributed by atoms with Crippen molar-refractivity contribution in [2.24, 2.45) is 0 Å². The number of benzene rings is 1. The molecular weight excluding hydrogens is 373 g/mol. The number of ether oxygens (including phenoxy) is 1. The van der Waals surface area contributed by atoms with Gasteiger partial charge in [0.15, 0.2) is 0 Å². The summed E-state index contributed by atoms with van der Waals surface area (Å²) in [5.41, 5.74) is 3.58. The van der Waals surface area contributed by atoms with Crippen LogP contribution < -0.4 is 0 Å². The van der Waals surface area contributed by atoms with E-state index in [0.29, 0.717) is 26.1 Å². The van der Waals surface area contributed by atoms with Crippen molar-refractivity contribution >= 4 is 5.91 Å². The highest BCUT2D eigenvalue weighted by atomic mass is 19.1. The second-order valence-corrected chi connectivity index (χ2v) is 7.04. The minimum atomic E-state index is -0.291. The Bertz CT molecular complexity index is 970. The summed E-state index contributed by atoms with van der Waals surface area (Å²) in [6.07, 6.45) is 2.90. The van der Waals surface area contributed by atoms with Gasteiger partial charge in [0, 0.05) is 18.8 Å². The summed E-state index contributed by atoms with van der Waals surface area (Å²) in [6, 6.07) is 12.0. The fourth-order valence-electron chi connectivity index (χ4n) is 3.32. The van der Waals surface area contributed by atoms with Crippen molar-refractivity contribution < 1.29 is 18.4 Å². The van der Waals surface area contributed by atoms with Crippen LogP contribution in [0.4, 0.5) is 4.39 Å². The van der Waals surface area contributed by atoms with Crippen LogP contribution in [0, 0.1) is 5.82 Å². The van der Waals surface area contributed by atoms with Crippen LogP contribution in [0.3, 0.4) is 0 Å². The molecule has 1 unspecified atom stereocenters. The van der Waals surface area contributed by atoms with Gasteiger partial charge in [-0.2, -0.15) is 0 Å². The van der Waals surface area contributed by atoms with E-state index in [1.165, 1.54) is 12.1 Å². The molecule has 1 saturated heterocycles. The van der Waals surface area contributed by atoms with Crippen LogP contribution in [0.5, 0.6) is 0 Å². The molecule has 6 nitrogen and oxygen atoms in total. The monoisotopic (exact) mass is 395 g/mol. The molecule has 3 aromatic rings. The summed E-state index contributed by atoms with van der Waals surface area (Å²) in [7, 11) is 0. The summed E-state index contributed by atoms with van der Waals surface area (Å²) >= 11 is 0. The average molecular weight is 395 g/mol. The zero-order valence-electron chi connectivity index (χ0n) is 16.2.